The van der Waals surface area contributed by atoms with Crippen LogP contribution < -0.4 is 14.5 Å². The lowest BCUT2D eigenvalue weighted by molar-refractivity contribution is -0.161. The maximum Gasteiger partial charge on any atom is 0.340 e. The lowest BCUT2D eigenvalue weighted by Gasteiger charge is -2.41. The van der Waals surface area contributed by atoms with Crippen LogP contribution in [0.1, 0.15) is 55.4 Å². The first kappa shape index (κ1) is 31.9. The first-order chi connectivity index (χ1) is 18.3. The highest BCUT2D eigenvalue weighted by atomic mass is 19.1. The summed E-state index contributed by atoms with van der Waals surface area (Å²) in [5.74, 6) is -0.437. The number of benzene rings is 2. The van der Waals surface area contributed by atoms with E-state index in [2.05, 4.69) is 32.6 Å². The molecule has 0 atom stereocenters. The number of carbonyl (C=O) groups is 2. The van der Waals surface area contributed by atoms with Gasteiger partial charge in [-0.1, -0.05) is 27.7 Å². The second-order valence-corrected chi connectivity index (χ2v) is 10.9. The standard InChI is InChI=1S/C31H45FN2O5/c1-20(2)28(21(3)4)33(26-14-16-27(37-9)17-15-26)18-19-34(25-12-10-24(32)11-13-25)29(30(35)38-22(5)6)31(36)39-23(7)8/h10-17,20-23,28-29H,18-19H2,1-9H3. The van der Waals surface area contributed by atoms with Gasteiger partial charge in [-0.15, -0.1) is 0 Å². The maximum absolute atomic E-state index is 13.9. The van der Waals surface area contributed by atoms with E-state index in [-0.39, 0.29) is 12.6 Å². The third kappa shape index (κ3) is 9.15. The van der Waals surface area contributed by atoms with E-state index < -0.39 is 36.0 Å². The van der Waals surface area contributed by atoms with E-state index in [0.29, 0.717) is 24.1 Å². The molecule has 0 bridgehead atoms. The molecule has 39 heavy (non-hydrogen) atoms. The number of carbonyl (C=O) groups excluding carboxylic acids is 2. The molecule has 2 rings (SSSR count). The van der Waals surface area contributed by atoms with Crippen LogP contribution in [-0.2, 0) is 19.1 Å². The Balaban J connectivity index is 2.57. The highest BCUT2D eigenvalue weighted by molar-refractivity contribution is 6.02. The molecule has 0 unspecified atom stereocenters. The summed E-state index contributed by atoms with van der Waals surface area (Å²) in [7, 11) is 1.63. The van der Waals surface area contributed by atoms with E-state index >= 15 is 0 Å². The van der Waals surface area contributed by atoms with Crippen molar-refractivity contribution < 1.29 is 28.2 Å². The average Bonchev–Trinajstić information content (AvgIpc) is 2.84. The van der Waals surface area contributed by atoms with E-state index in [1.54, 1.807) is 51.8 Å². The molecule has 0 aliphatic heterocycles. The monoisotopic (exact) mass is 544 g/mol. The van der Waals surface area contributed by atoms with Crippen LogP contribution in [0.25, 0.3) is 0 Å². The number of rotatable bonds is 14. The van der Waals surface area contributed by atoms with Gasteiger partial charge in [0.1, 0.15) is 11.6 Å². The van der Waals surface area contributed by atoms with Crippen LogP contribution in [0.3, 0.4) is 0 Å². The number of halogens is 1. The van der Waals surface area contributed by atoms with Crippen molar-refractivity contribution in [3.63, 3.8) is 0 Å². The smallest absolute Gasteiger partial charge is 0.340 e. The molecule has 2 aromatic rings. The van der Waals surface area contributed by atoms with Gasteiger partial charge in [0.2, 0.25) is 6.04 Å². The topological polar surface area (TPSA) is 68.3 Å². The van der Waals surface area contributed by atoms with Gasteiger partial charge in [0.05, 0.1) is 19.3 Å². The van der Waals surface area contributed by atoms with Crippen molar-refractivity contribution in [2.45, 2.75) is 79.7 Å². The molecule has 7 nitrogen and oxygen atoms in total. The van der Waals surface area contributed by atoms with Gasteiger partial charge in [-0.3, -0.25) is 0 Å². The van der Waals surface area contributed by atoms with Gasteiger partial charge < -0.3 is 24.0 Å². The number of esters is 2. The van der Waals surface area contributed by atoms with Crippen LogP contribution >= 0.6 is 0 Å². The van der Waals surface area contributed by atoms with E-state index in [1.807, 2.05) is 24.3 Å². The fraction of sp³-hybridized carbons (Fsp3) is 0.548. The Hall–Kier alpha value is -3.29. The number of nitrogens with zero attached hydrogens (tertiary/aromatic N) is 2. The Kier molecular flexibility index (Phi) is 12.1. The van der Waals surface area contributed by atoms with Crippen LogP contribution in [0.15, 0.2) is 48.5 Å². The normalized spacial score (nSPS) is 11.6. The molecule has 0 fully saturated rings. The zero-order chi connectivity index (χ0) is 29.3. The molecule has 8 heteroatoms. The highest BCUT2D eigenvalue weighted by Gasteiger charge is 2.38. The minimum Gasteiger partial charge on any atom is -0.497 e. The molecule has 0 heterocycles. The Bertz CT molecular complexity index is 1010. The average molecular weight is 545 g/mol. The van der Waals surface area contributed by atoms with E-state index in [1.165, 1.54) is 12.1 Å². The second-order valence-electron chi connectivity index (χ2n) is 10.9. The molecule has 0 aliphatic rings. The number of ether oxygens (including phenoxy) is 3. The Labute approximate surface area is 233 Å². The minimum atomic E-state index is -1.35. The minimum absolute atomic E-state index is 0.164. The fourth-order valence-corrected chi connectivity index (χ4v) is 4.91. The fourth-order valence-electron chi connectivity index (χ4n) is 4.91. The molecule has 0 saturated heterocycles. The van der Waals surface area contributed by atoms with Crippen LogP contribution in [0.2, 0.25) is 0 Å². The molecule has 0 amide bonds. The summed E-state index contributed by atoms with van der Waals surface area (Å²) in [5, 5.41) is 0. The van der Waals surface area contributed by atoms with Crippen molar-refractivity contribution in [1.82, 2.24) is 0 Å². The van der Waals surface area contributed by atoms with Crippen molar-refractivity contribution in [2.75, 3.05) is 30.0 Å². The van der Waals surface area contributed by atoms with Gasteiger partial charge in [0.15, 0.2) is 0 Å². The highest BCUT2D eigenvalue weighted by Crippen LogP contribution is 2.29. The molecule has 0 aromatic heterocycles. The van der Waals surface area contributed by atoms with E-state index in [4.69, 9.17) is 14.2 Å². The zero-order valence-corrected chi connectivity index (χ0v) is 24.8. The third-order valence-electron chi connectivity index (χ3n) is 6.33. The molecule has 0 aliphatic carbocycles. The SMILES string of the molecule is COc1ccc(N(CCN(c2ccc(F)cc2)C(C(=O)OC(C)C)C(=O)OC(C)C)C(C(C)C)C(C)C)cc1. The summed E-state index contributed by atoms with van der Waals surface area (Å²) in [6.45, 7) is 16.4. The quantitative estimate of drug-likeness (QED) is 0.210. The lowest BCUT2D eigenvalue weighted by Crippen LogP contribution is -2.53. The molecular weight excluding hydrogens is 499 g/mol. The lowest BCUT2D eigenvalue weighted by atomic mass is 9.91. The van der Waals surface area contributed by atoms with Crippen LogP contribution in [-0.4, -0.2) is 56.4 Å². The van der Waals surface area contributed by atoms with Crippen molar-refractivity contribution in [3.05, 3.63) is 54.3 Å². The van der Waals surface area contributed by atoms with Gasteiger partial charge in [-0.25, -0.2) is 14.0 Å². The van der Waals surface area contributed by atoms with Gasteiger partial charge >= 0.3 is 11.9 Å². The molecule has 0 saturated carbocycles. The van der Waals surface area contributed by atoms with E-state index in [9.17, 15) is 14.0 Å². The molecule has 216 valence electrons. The van der Waals surface area contributed by atoms with Crippen LogP contribution in [0.4, 0.5) is 15.8 Å². The van der Waals surface area contributed by atoms with Crippen molar-refractivity contribution in [1.29, 1.82) is 0 Å². The number of hydrogen-bond donors (Lipinski definition) is 0. The number of anilines is 2. The van der Waals surface area contributed by atoms with Crippen LogP contribution in [0, 0.1) is 17.7 Å². The molecule has 0 N–H and O–H groups in total. The summed E-state index contributed by atoms with van der Waals surface area (Å²) in [4.78, 5) is 30.6. The predicted molar refractivity (Wildman–Crippen MR) is 154 cm³/mol. The number of hydrogen-bond acceptors (Lipinski definition) is 7. The molecule has 0 spiro atoms. The Morgan fingerprint density at radius 1 is 0.692 bits per heavy atom. The van der Waals surface area contributed by atoms with E-state index in [0.717, 1.165) is 11.4 Å². The van der Waals surface area contributed by atoms with Crippen molar-refractivity contribution in [3.8, 4) is 5.75 Å². The first-order valence-corrected chi connectivity index (χ1v) is 13.7. The first-order valence-electron chi connectivity index (χ1n) is 13.7. The summed E-state index contributed by atoms with van der Waals surface area (Å²) in [6.07, 6.45) is -0.854. The van der Waals surface area contributed by atoms with Gasteiger partial charge in [0, 0.05) is 30.5 Å². The van der Waals surface area contributed by atoms with Gasteiger partial charge in [0.25, 0.3) is 0 Å². The largest absolute Gasteiger partial charge is 0.497 e. The predicted octanol–water partition coefficient (Wildman–Crippen LogP) is 6.10. The zero-order valence-electron chi connectivity index (χ0n) is 24.8. The van der Waals surface area contributed by atoms with Crippen LogP contribution in [0.5, 0.6) is 5.75 Å². The molecular formula is C31H45FN2O5. The summed E-state index contributed by atoms with van der Waals surface area (Å²) >= 11 is 0. The summed E-state index contributed by atoms with van der Waals surface area (Å²) in [5.41, 5.74) is 1.51. The Morgan fingerprint density at radius 3 is 1.51 bits per heavy atom. The van der Waals surface area contributed by atoms with Gasteiger partial charge in [-0.2, -0.15) is 0 Å². The summed E-state index contributed by atoms with van der Waals surface area (Å²) in [6, 6.07) is 12.4. The number of methoxy groups -OCH3 is 1. The Morgan fingerprint density at radius 2 is 1.10 bits per heavy atom. The van der Waals surface area contributed by atoms with Crippen molar-refractivity contribution >= 4 is 23.3 Å². The van der Waals surface area contributed by atoms with Gasteiger partial charge in [-0.05, 0) is 88.1 Å². The molecule has 0 radical (unpaired) electrons. The maximum atomic E-state index is 13.9. The summed E-state index contributed by atoms with van der Waals surface area (Å²) < 4.78 is 30.2. The second kappa shape index (κ2) is 14.8. The third-order valence-corrected chi connectivity index (χ3v) is 6.33. The molecule has 2 aromatic carbocycles. The van der Waals surface area contributed by atoms with Crippen molar-refractivity contribution in [2.24, 2.45) is 11.8 Å².